The van der Waals surface area contributed by atoms with Gasteiger partial charge >= 0.3 is 0 Å². The summed E-state index contributed by atoms with van der Waals surface area (Å²) in [6.07, 6.45) is 1.82. The molecule has 0 aliphatic heterocycles. The highest BCUT2D eigenvalue weighted by Gasteiger charge is 2.25. The van der Waals surface area contributed by atoms with E-state index in [-0.39, 0.29) is 23.3 Å². The molecule has 0 aromatic carbocycles. The van der Waals surface area contributed by atoms with Crippen molar-refractivity contribution in [3.63, 3.8) is 0 Å². The summed E-state index contributed by atoms with van der Waals surface area (Å²) >= 11 is 0. The number of hydrogen-bond acceptors (Lipinski definition) is 3. The van der Waals surface area contributed by atoms with Crippen LogP contribution >= 0.6 is 0 Å². The summed E-state index contributed by atoms with van der Waals surface area (Å²) in [5.41, 5.74) is 5.91. The Balaban J connectivity index is 4.62. The summed E-state index contributed by atoms with van der Waals surface area (Å²) in [6.45, 7) is 12.1. The van der Waals surface area contributed by atoms with Crippen molar-refractivity contribution in [1.29, 1.82) is 0 Å². The molecule has 120 valence electrons. The lowest BCUT2D eigenvalue weighted by molar-refractivity contribution is -0.126. The van der Waals surface area contributed by atoms with Crippen LogP contribution in [0.15, 0.2) is 0 Å². The highest BCUT2D eigenvalue weighted by molar-refractivity contribution is 5.79. The first-order valence-corrected chi connectivity index (χ1v) is 7.70. The SMILES string of the molecule is CC(C)CC(CN(C)C)NC(=O)C(CN)CC(C)(C)C. The van der Waals surface area contributed by atoms with Gasteiger partial charge in [-0.3, -0.25) is 4.79 Å². The Morgan fingerprint density at radius 1 is 1.25 bits per heavy atom. The van der Waals surface area contributed by atoms with Crippen LogP contribution in [0.1, 0.15) is 47.5 Å². The minimum atomic E-state index is -0.0909. The first kappa shape index (κ1) is 19.4. The maximum absolute atomic E-state index is 12.4. The van der Waals surface area contributed by atoms with E-state index in [9.17, 15) is 4.79 Å². The fourth-order valence-electron chi connectivity index (χ4n) is 2.53. The molecule has 0 rings (SSSR count). The number of amides is 1. The summed E-state index contributed by atoms with van der Waals surface area (Å²) in [4.78, 5) is 14.5. The van der Waals surface area contributed by atoms with Gasteiger partial charge in [0, 0.05) is 19.1 Å². The van der Waals surface area contributed by atoms with Gasteiger partial charge in [0.05, 0.1) is 5.92 Å². The minimum absolute atomic E-state index is 0.0909. The van der Waals surface area contributed by atoms with Gasteiger partial charge in [-0.15, -0.1) is 0 Å². The zero-order chi connectivity index (χ0) is 15.9. The largest absolute Gasteiger partial charge is 0.352 e. The number of rotatable bonds is 8. The summed E-state index contributed by atoms with van der Waals surface area (Å²) in [7, 11) is 4.07. The van der Waals surface area contributed by atoms with Gasteiger partial charge in [-0.1, -0.05) is 34.6 Å². The third-order valence-electron chi connectivity index (χ3n) is 3.20. The number of carbonyl (C=O) groups is 1. The monoisotopic (exact) mass is 285 g/mol. The predicted octanol–water partition coefficient (Wildman–Crippen LogP) is 2.09. The van der Waals surface area contributed by atoms with Gasteiger partial charge in [-0.25, -0.2) is 0 Å². The van der Waals surface area contributed by atoms with Crippen LogP contribution in [0.4, 0.5) is 0 Å². The summed E-state index contributed by atoms with van der Waals surface area (Å²) in [6, 6.07) is 0.200. The molecule has 2 atom stereocenters. The van der Waals surface area contributed by atoms with Crippen molar-refractivity contribution >= 4 is 5.91 Å². The van der Waals surface area contributed by atoms with Crippen molar-refractivity contribution in [2.75, 3.05) is 27.2 Å². The third kappa shape index (κ3) is 9.32. The fourth-order valence-corrected chi connectivity index (χ4v) is 2.53. The smallest absolute Gasteiger partial charge is 0.224 e. The molecule has 20 heavy (non-hydrogen) atoms. The molecule has 0 aliphatic carbocycles. The summed E-state index contributed by atoms with van der Waals surface area (Å²) in [5, 5.41) is 3.19. The average Bonchev–Trinajstić information content (AvgIpc) is 2.22. The van der Waals surface area contributed by atoms with Crippen LogP contribution in [0.25, 0.3) is 0 Å². The zero-order valence-electron chi connectivity index (χ0n) is 14.5. The normalized spacial score (nSPS) is 15.5. The molecule has 0 heterocycles. The van der Waals surface area contributed by atoms with Crippen molar-refractivity contribution in [2.24, 2.45) is 23.0 Å². The van der Waals surface area contributed by atoms with E-state index in [4.69, 9.17) is 5.73 Å². The molecule has 4 nitrogen and oxygen atoms in total. The quantitative estimate of drug-likeness (QED) is 0.718. The van der Waals surface area contributed by atoms with Crippen LogP contribution in [-0.2, 0) is 4.79 Å². The van der Waals surface area contributed by atoms with E-state index in [1.54, 1.807) is 0 Å². The molecule has 0 aromatic rings. The van der Waals surface area contributed by atoms with Gasteiger partial charge in [-0.2, -0.15) is 0 Å². The maximum atomic E-state index is 12.4. The molecule has 4 heteroatoms. The number of nitrogens with zero attached hydrogens (tertiary/aromatic N) is 1. The molecule has 0 spiro atoms. The standard InChI is InChI=1S/C16H35N3O/c1-12(2)8-14(11-19(6)7)18-15(20)13(10-17)9-16(3,4)5/h12-14H,8-11,17H2,1-7H3,(H,18,20). The Morgan fingerprint density at radius 3 is 2.15 bits per heavy atom. The molecular weight excluding hydrogens is 250 g/mol. The number of nitrogens with one attached hydrogen (secondary N) is 1. The van der Waals surface area contributed by atoms with Gasteiger partial charge < -0.3 is 16.0 Å². The van der Waals surface area contributed by atoms with Crippen LogP contribution in [0.3, 0.4) is 0 Å². The van der Waals surface area contributed by atoms with E-state index < -0.39 is 0 Å². The Labute approximate surface area is 125 Å². The van der Waals surface area contributed by atoms with Gasteiger partial charge in [-0.05, 0) is 38.3 Å². The lowest BCUT2D eigenvalue weighted by Crippen LogP contribution is -2.46. The van der Waals surface area contributed by atoms with Gasteiger partial charge in [0.25, 0.3) is 0 Å². The van der Waals surface area contributed by atoms with E-state index >= 15 is 0 Å². The van der Waals surface area contributed by atoms with Crippen LogP contribution in [-0.4, -0.2) is 44.0 Å². The molecule has 0 aromatic heterocycles. The average molecular weight is 285 g/mol. The van der Waals surface area contributed by atoms with Crippen LogP contribution < -0.4 is 11.1 Å². The fraction of sp³-hybridized carbons (Fsp3) is 0.938. The Morgan fingerprint density at radius 2 is 1.80 bits per heavy atom. The lowest BCUT2D eigenvalue weighted by Gasteiger charge is -2.28. The molecule has 3 N–H and O–H groups in total. The maximum Gasteiger partial charge on any atom is 0.224 e. The molecule has 2 unspecified atom stereocenters. The molecule has 0 radical (unpaired) electrons. The summed E-state index contributed by atoms with van der Waals surface area (Å²) in [5.74, 6) is 0.584. The number of likely N-dealkylation sites (N-methyl/N-ethyl adjacent to an activating group) is 1. The second-order valence-electron chi connectivity index (χ2n) is 7.79. The van der Waals surface area contributed by atoms with Crippen LogP contribution in [0.2, 0.25) is 0 Å². The highest BCUT2D eigenvalue weighted by Crippen LogP contribution is 2.24. The van der Waals surface area contributed by atoms with Gasteiger partial charge in [0.2, 0.25) is 5.91 Å². The van der Waals surface area contributed by atoms with Crippen molar-refractivity contribution in [2.45, 2.75) is 53.5 Å². The van der Waals surface area contributed by atoms with E-state index in [0.29, 0.717) is 12.5 Å². The topological polar surface area (TPSA) is 58.4 Å². The summed E-state index contributed by atoms with van der Waals surface area (Å²) < 4.78 is 0. The van der Waals surface area contributed by atoms with Crippen molar-refractivity contribution in [3.05, 3.63) is 0 Å². The van der Waals surface area contributed by atoms with E-state index in [1.165, 1.54) is 0 Å². The van der Waals surface area contributed by atoms with Crippen molar-refractivity contribution < 1.29 is 4.79 Å². The highest BCUT2D eigenvalue weighted by atomic mass is 16.2. The van der Waals surface area contributed by atoms with E-state index in [1.807, 2.05) is 14.1 Å². The van der Waals surface area contributed by atoms with E-state index in [0.717, 1.165) is 19.4 Å². The first-order valence-electron chi connectivity index (χ1n) is 7.70. The molecule has 0 fully saturated rings. The Hall–Kier alpha value is -0.610. The first-order chi connectivity index (χ1) is 9.05. The van der Waals surface area contributed by atoms with Gasteiger partial charge in [0.15, 0.2) is 0 Å². The molecule has 0 bridgehead atoms. The van der Waals surface area contributed by atoms with Crippen LogP contribution in [0.5, 0.6) is 0 Å². The second kappa shape index (κ2) is 8.63. The van der Waals surface area contributed by atoms with Crippen LogP contribution in [0, 0.1) is 17.3 Å². The number of carbonyl (C=O) groups excluding carboxylic acids is 1. The Kier molecular flexibility index (Phi) is 8.36. The Bertz CT molecular complexity index is 272. The molecule has 0 aliphatic rings. The lowest BCUT2D eigenvalue weighted by atomic mass is 9.84. The molecule has 0 saturated heterocycles. The zero-order valence-corrected chi connectivity index (χ0v) is 14.5. The van der Waals surface area contributed by atoms with Crippen molar-refractivity contribution in [1.82, 2.24) is 10.2 Å². The predicted molar refractivity (Wildman–Crippen MR) is 86.6 cm³/mol. The van der Waals surface area contributed by atoms with Crippen molar-refractivity contribution in [3.8, 4) is 0 Å². The third-order valence-corrected chi connectivity index (χ3v) is 3.20. The number of hydrogen-bond donors (Lipinski definition) is 2. The molecule has 0 saturated carbocycles. The minimum Gasteiger partial charge on any atom is -0.352 e. The van der Waals surface area contributed by atoms with Gasteiger partial charge in [0.1, 0.15) is 0 Å². The van der Waals surface area contributed by atoms with E-state index in [2.05, 4.69) is 44.8 Å². The number of nitrogens with two attached hydrogens (primary N) is 1. The second-order valence-corrected chi connectivity index (χ2v) is 7.79. The molecule has 1 amide bonds. The molecular formula is C16H35N3O.